The van der Waals surface area contributed by atoms with Crippen molar-refractivity contribution >= 4 is 29.5 Å². The highest BCUT2D eigenvalue weighted by Gasteiger charge is 2.32. The van der Waals surface area contributed by atoms with E-state index in [1.807, 2.05) is 13.8 Å². The molecule has 0 saturated heterocycles. The molecule has 0 fully saturated rings. The Morgan fingerprint density at radius 2 is 1.67 bits per heavy atom. The van der Waals surface area contributed by atoms with Gasteiger partial charge in [0.25, 0.3) is 0 Å². The first kappa shape index (κ1) is 25.7. The van der Waals surface area contributed by atoms with Crippen LogP contribution in [0, 0.1) is 10.8 Å². The average Bonchev–Trinajstić information content (AvgIpc) is 2.55. The molecule has 0 heterocycles. The fraction of sp³-hybridized carbons (Fsp3) is 0.833. The number of hydrogen-bond acceptors (Lipinski definition) is 6. The van der Waals surface area contributed by atoms with Gasteiger partial charge in [-0.2, -0.15) is 11.8 Å². The van der Waals surface area contributed by atoms with Gasteiger partial charge in [-0.15, -0.1) is 0 Å². The molecule has 0 bridgehead atoms. The quantitative estimate of drug-likeness (QED) is 0.267. The van der Waals surface area contributed by atoms with Crippen molar-refractivity contribution in [2.24, 2.45) is 10.8 Å². The monoisotopic (exact) mass is 406 g/mol. The van der Waals surface area contributed by atoms with Crippen LogP contribution in [0.1, 0.15) is 47.0 Å². The Labute approximate surface area is 165 Å². The third-order valence-corrected chi connectivity index (χ3v) is 5.15. The van der Waals surface area contributed by atoms with Crippen LogP contribution in [-0.4, -0.2) is 70.4 Å². The second-order valence-corrected chi connectivity index (χ2v) is 9.26. The Balaban J connectivity index is 3.82. The lowest BCUT2D eigenvalue weighted by molar-refractivity contribution is -0.139. The summed E-state index contributed by atoms with van der Waals surface area (Å²) in [6, 6.07) is 0. The van der Waals surface area contributed by atoms with Gasteiger partial charge in [-0.1, -0.05) is 27.7 Å². The summed E-state index contributed by atoms with van der Waals surface area (Å²) in [5.74, 6) is -0.0498. The fourth-order valence-electron chi connectivity index (χ4n) is 2.14. The first-order valence-corrected chi connectivity index (χ1v) is 10.2. The van der Waals surface area contributed by atoms with Crippen LogP contribution in [0.4, 0.5) is 0 Å². The molecule has 158 valence electrons. The summed E-state index contributed by atoms with van der Waals surface area (Å²) in [6.45, 7) is 7.28. The van der Waals surface area contributed by atoms with E-state index in [1.54, 1.807) is 25.6 Å². The molecular weight excluding hydrogens is 372 g/mol. The molecule has 5 N–H and O–H groups in total. The van der Waals surface area contributed by atoms with Crippen LogP contribution in [0.3, 0.4) is 0 Å². The van der Waals surface area contributed by atoms with Crippen molar-refractivity contribution in [2.45, 2.75) is 53.1 Å². The highest BCUT2D eigenvalue weighted by Crippen LogP contribution is 2.26. The number of aliphatic carboxylic acids is 1. The fourth-order valence-corrected chi connectivity index (χ4v) is 3.28. The number of nitrogens with one attached hydrogen (secondary N) is 2. The van der Waals surface area contributed by atoms with E-state index in [0.717, 1.165) is 17.9 Å². The Morgan fingerprint density at radius 1 is 1.04 bits per heavy atom. The summed E-state index contributed by atoms with van der Waals surface area (Å²) < 4.78 is 0. The van der Waals surface area contributed by atoms with Crippen LogP contribution < -0.4 is 10.6 Å². The van der Waals surface area contributed by atoms with Gasteiger partial charge in [0.15, 0.2) is 0 Å². The van der Waals surface area contributed by atoms with Crippen LogP contribution in [0.2, 0.25) is 0 Å². The van der Waals surface area contributed by atoms with Gasteiger partial charge < -0.3 is 26.0 Å². The lowest BCUT2D eigenvalue weighted by atomic mass is 9.87. The minimum Gasteiger partial charge on any atom is -0.481 e. The number of thioether (sulfide) groups is 1. The second-order valence-electron chi connectivity index (χ2n) is 8.04. The molecule has 0 rings (SSSR count). The summed E-state index contributed by atoms with van der Waals surface area (Å²) in [6.07, 6.45) is -0.308. The number of aliphatic hydroxyl groups excluding tert-OH is 2. The van der Waals surface area contributed by atoms with E-state index in [1.165, 1.54) is 0 Å². The molecule has 0 aliphatic heterocycles. The van der Waals surface area contributed by atoms with Gasteiger partial charge in [0.1, 0.15) is 6.10 Å². The van der Waals surface area contributed by atoms with Gasteiger partial charge >= 0.3 is 5.97 Å². The lowest BCUT2D eigenvalue weighted by Crippen LogP contribution is -2.46. The zero-order valence-corrected chi connectivity index (χ0v) is 17.5. The highest BCUT2D eigenvalue weighted by molar-refractivity contribution is 7.99. The number of amides is 2. The van der Waals surface area contributed by atoms with E-state index < -0.39 is 23.4 Å². The predicted octanol–water partition coefficient (Wildman–Crippen LogP) is 0.613. The molecule has 0 spiro atoms. The molecule has 0 aromatic heterocycles. The largest absolute Gasteiger partial charge is 0.481 e. The van der Waals surface area contributed by atoms with Crippen molar-refractivity contribution in [3.8, 4) is 0 Å². The van der Waals surface area contributed by atoms with Crippen molar-refractivity contribution in [3.63, 3.8) is 0 Å². The molecule has 9 heteroatoms. The maximum Gasteiger partial charge on any atom is 0.303 e. The Hall–Kier alpha value is -1.32. The molecule has 0 aliphatic carbocycles. The molecule has 0 aromatic rings. The topological polar surface area (TPSA) is 136 Å². The van der Waals surface area contributed by atoms with Crippen LogP contribution in [0.25, 0.3) is 0 Å². The van der Waals surface area contributed by atoms with Gasteiger partial charge in [0.2, 0.25) is 11.8 Å². The summed E-state index contributed by atoms with van der Waals surface area (Å²) in [5, 5.41) is 33.0. The Bertz CT molecular complexity index is 496. The first-order valence-electron chi connectivity index (χ1n) is 9.04. The number of carbonyl (C=O) groups is 3. The highest BCUT2D eigenvalue weighted by atomic mass is 32.2. The van der Waals surface area contributed by atoms with Gasteiger partial charge in [-0.25, -0.2) is 0 Å². The first-order chi connectivity index (χ1) is 12.4. The van der Waals surface area contributed by atoms with E-state index in [-0.39, 0.29) is 37.3 Å². The second kappa shape index (κ2) is 12.2. The van der Waals surface area contributed by atoms with Crippen molar-refractivity contribution < 1.29 is 29.7 Å². The molecule has 1 atom stereocenters. The minimum atomic E-state index is -1.34. The van der Waals surface area contributed by atoms with Gasteiger partial charge in [0, 0.05) is 30.7 Å². The predicted molar refractivity (Wildman–Crippen MR) is 105 cm³/mol. The van der Waals surface area contributed by atoms with Crippen LogP contribution in [0.15, 0.2) is 0 Å². The smallest absolute Gasteiger partial charge is 0.303 e. The standard InChI is InChI=1S/C18H34N2O6S/c1-17(2,11-14(23)24)6-9-27-10-8-19-13(22)5-7-20-16(26)15(25)18(3,4)12-21/h15,21,25H,5-12H2,1-4H3,(H,19,22)(H,20,26)(H,23,24). The number of carbonyl (C=O) groups excluding carboxylic acids is 2. The van der Waals surface area contributed by atoms with Crippen molar-refractivity contribution in [2.75, 3.05) is 31.2 Å². The average molecular weight is 407 g/mol. The molecule has 0 saturated carbocycles. The molecule has 8 nitrogen and oxygen atoms in total. The van der Waals surface area contributed by atoms with Crippen LogP contribution >= 0.6 is 11.8 Å². The molecule has 0 aliphatic rings. The molecule has 0 radical (unpaired) electrons. The summed E-state index contributed by atoms with van der Waals surface area (Å²) in [5.41, 5.74) is -1.18. The number of aliphatic hydroxyl groups is 2. The third kappa shape index (κ3) is 11.9. The van der Waals surface area contributed by atoms with Crippen LogP contribution in [-0.2, 0) is 14.4 Å². The minimum absolute atomic E-state index is 0.105. The van der Waals surface area contributed by atoms with Crippen molar-refractivity contribution in [1.82, 2.24) is 10.6 Å². The number of rotatable bonds is 14. The van der Waals surface area contributed by atoms with E-state index in [2.05, 4.69) is 10.6 Å². The Morgan fingerprint density at radius 3 is 2.22 bits per heavy atom. The lowest BCUT2D eigenvalue weighted by Gasteiger charge is -2.27. The van der Waals surface area contributed by atoms with Crippen molar-refractivity contribution in [3.05, 3.63) is 0 Å². The third-order valence-electron chi connectivity index (χ3n) is 4.17. The van der Waals surface area contributed by atoms with Gasteiger partial charge in [-0.3, -0.25) is 14.4 Å². The van der Waals surface area contributed by atoms with Crippen LogP contribution in [0.5, 0.6) is 0 Å². The molecule has 27 heavy (non-hydrogen) atoms. The molecular formula is C18H34N2O6S. The van der Waals surface area contributed by atoms with Gasteiger partial charge in [-0.05, 0) is 17.6 Å². The van der Waals surface area contributed by atoms with Gasteiger partial charge in [0.05, 0.1) is 13.0 Å². The maximum absolute atomic E-state index is 11.8. The normalized spacial score (nSPS) is 13.1. The maximum atomic E-state index is 11.8. The molecule has 1 unspecified atom stereocenters. The zero-order valence-electron chi connectivity index (χ0n) is 16.7. The summed E-state index contributed by atoms with van der Waals surface area (Å²) in [4.78, 5) is 34.2. The van der Waals surface area contributed by atoms with E-state index in [0.29, 0.717) is 6.54 Å². The number of carboxylic acid groups (broad SMARTS) is 1. The SMILES string of the molecule is CC(C)(CCSCCNC(=O)CCNC(=O)C(O)C(C)(C)CO)CC(=O)O. The zero-order chi connectivity index (χ0) is 21.1. The molecule has 2 amide bonds. The van der Waals surface area contributed by atoms with E-state index in [9.17, 15) is 19.5 Å². The number of hydrogen-bond donors (Lipinski definition) is 5. The number of carboxylic acids is 1. The Kier molecular flexibility index (Phi) is 11.6. The van der Waals surface area contributed by atoms with Crippen molar-refractivity contribution in [1.29, 1.82) is 0 Å². The summed E-state index contributed by atoms with van der Waals surface area (Å²) >= 11 is 1.65. The van der Waals surface area contributed by atoms with E-state index >= 15 is 0 Å². The van der Waals surface area contributed by atoms with E-state index in [4.69, 9.17) is 10.2 Å². The molecule has 0 aromatic carbocycles. The summed E-state index contributed by atoms with van der Waals surface area (Å²) in [7, 11) is 0.